The lowest BCUT2D eigenvalue weighted by molar-refractivity contribution is -0.141. The maximum Gasteiger partial charge on any atom is 0.308 e. The Kier molecular flexibility index (Phi) is 5.76. The minimum Gasteiger partial charge on any atom is -0.495 e. The molecule has 5 nitrogen and oxygen atoms in total. The van der Waals surface area contributed by atoms with Crippen LogP contribution in [0.3, 0.4) is 0 Å². The van der Waals surface area contributed by atoms with Crippen LogP contribution in [0, 0.1) is 12.8 Å². The Balaban J connectivity index is 2.00. The number of methoxy groups -OCH3 is 1. The number of nitrogens with one attached hydrogen (secondary N) is 1. The molecular formula is C17H19NO4S. The van der Waals surface area contributed by atoms with Gasteiger partial charge in [-0.15, -0.1) is 11.3 Å². The van der Waals surface area contributed by atoms with E-state index in [1.54, 1.807) is 11.4 Å². The van der Waals surface area contributed by atoms with Crippen LogP contribution in [-0.2, 0) is 11.2 Å². The third-order valence-corrected chi connectivity index (χ3v) is 4.37. The van der Waals surface area contributed by atoms with Crippen LogP contribution in [-0.4, -0.2) is 30.6 Å². The first-order valence-corrected chi connectivity index (χ1v) is 8.07. The molecule has 0 bridgehead atoms. The number of hydrogen-bond donors (Lipinski definition) is 2. The molecule has 0 aliphatic carbocycles. The summed E-state index contributed by atoms with van der Waals surface area (Å²) in [5, 5.41) is 13.8. The average molecular weight is 333 g/mol. The van der Waals surface area contributed by atoms with Gasteiger partial charge in [-0.05, 0) is 30.4 Å². The minimum atomic E-state index is -0.926. The SMILES string of the molecule is COc1ccsc1C(=O)NCC(Cc1cccc(C)c1)C(=O)O. The Bertz CT molecular complexity index is 695. The van der Waals surface area contributed by atoms with Crippen molar-refractivity contribution in [2.45, 2.75) is 13.3 Å². The van der Waals surface area contributed by atoms with Crippen LogP contribution in [0.2, 0.25) is 0 Å². The highest BCUT2D eigenvalue weighted by Crippen LogP contribution is 2.24. The second kappa shape index (κ2) is 7.78. The van der Waals surface area contributed by atoms with Crippen molar-refractivity contribution in [2.75, 3.05) is 13.7 Å². The van der Waals surface area contributed by atoms with Crippen molar-refractivity contribution in [3.05, 3.63) is 51.7 Å². The summed E-state index contributed by atoms with van der Waals surface area (Å²) in [5.74, 6) is -1.41. The van der Waals surface area contributed by atoms with E-state index in [2.05, 4.69) is 5.32 Å². The second-order valence-electron chi connectivity index (χ2n) is 5.26. The van der Waals surface area contributed by atoms with Gasteiger partial charge in [-0.1, -0.05) is 29.8 Å². The molecule has 2 N–H and O–H groups in total. The second-order valence-corrected chi connectivity index (χ2v) is 6.17. The topological polar surface area (TPSA) is 75.6 Å². The van der Waals surface area contributed by atoms with Crippen molar-refractivity contribution in [2.24, 2.45) is 5.92 Å². The molecule has 0 saturated heterocycles. The van der Waals surface area contributed by atoms with E-state index in [9.17, 15) is 14.7 Å². The van der Waals surface area contributed by atoms with Crippen molar-refractivity contribution in [1.82, 2.24) is 5.32 Å². The maximum absolute atomic E-state index is 12.1. The van der Waals surface area contributed by atoms with Gasteiger partial charge in [0, 0.05) is 6.54 Å². The summed E-state index contributed by atoms with van der Waals surface area (Å²) < 4.78 is 5.10. The molecule has 0 fully saturated rings. The minimum absolute atomic E-state index is 0.0726. The zero-order valence-electron chi connectivity index (χ0n) is 13.0. The number of carboxylic acids is 1. The zero-order chi connectivity index (χ0) is 16.8. The van der Waals surface area contributed by atoms with Crippen molar-refractivity contribution < 1.29 is 19.4 Å². The monoisotopic (exact) mass is 333 g/mol. The van der Waals surface area contributed by atoms with E-state index in [4.69, 9.17) is 4.74 Å². The predicted octanol–water partition coefficient (Wildman–Crippen LogP) is 2.74. The molecule has 1 amide bonds. The lowest BCUT2D eigenvalue weighted by atomic mass is 9.98. The number of benzene rings is 1. The summed E-state index contributed by atoms with van der Waals surface area (Å²) in [6, 6.07) is 9.43. The van der Waals surface area contributed by atoms with Gasteiger partial charge in [0.1, 0.15) is 10.6 Å². The quantitative estimate of drug-likeness (QED) is 0.817. The predicted molar refractivity (Wildman–Crippen MR) is 89.2 cm³/mol. The summed E-state index contributed by atoms with van der Waals surface area (Å²) in [5.41, 5.74) is 2.03. The molecule has 122 valence electrons. The third-order valence-electron chi connectivity index (χ3n) is 3.48. The van der Waals surface area contributed by atoms with E-state index in [1.165, 1.54) is 18.4 Å². The molecule has 1 aromatic carbocycles. The van der Waals surface area contributed by atoms with Gasteiger partial charge in [-0.3, -0.25) is 9.59 Å². The lowest BCUT2D eigenvalue weighted by Gasteiger charge is -2.14. The molecular weight excluding hydrogens is 314 g/mol. The van der Waals surface area contributed by atoms with Gasteiger partial charge >= 0.3 is 5.97 Å². The molecule has 23 heavy (non-hydrogen) atoms. The number of amides is 1. The third kappa shape index (κ3) is 4.56. The lowest BCUT2D eigenvalue weighted by Crippen LogP contribution is -2.33. The van der Waals surface area contributed by atoms with E-state index in [-0.39, 0.29) is 12.5 Å². The van der Waals surface area contributed by atoms with Gasteiger partial charge in [0.25, 0.3) is 5.91 Å². The summed E-state index contributed by atoms with van der Waals surface area (Å²) >= 11 is 1.26. The van der Waals surface area contributed by atoms with E-state index in [0.29, 0.717) is 17.0 Å². The van der Waals surface area contributed by atoms with Gasteiger partial charge in [-0.2, -0.15) is 0 Å². The van der Waals surface area contributed by atoms with Crippen LogP contribution in [0.4, 0.5) is 0 Å². The summed E-state index contributed by atoms with van der Waals surface area (Å²) in [4.78, 5) is 24.0. The fraction of sp³-hybridized carbons (Fsp3) is 0.294. The highest BCUT2D eigenvalue weighted by molar-refractivity contribution is 7.12. The van der Waals surface area contributed by atoms with Crippen molar-refractivity contribution in [3.63, 3.8) is 0 Å². The Morgan fingerprint density at radius 3 is 2.78 bits per heavy atom. The van der Waals surface area contributed by atoms with Crippen LogP contribution in [0.1, 0.15) is 20.8 Å². The summed E-state index contributed by atoms with van der Waals surface area (Å²) in [6.45, 7) is 2.04. The molecule has 0 aliphatic heterocycles. The molecule has 2 aromatic rings. The maximum atomic E-state index is 12.1. The largest absolute Gasteiger partial charge is 0.495 e. The van der Waals surface area contributed by atoms with Crippen LogP contribution in [0.15, 0.2) is 35.7 Å². The van der Waals surface area contributed by atoms with Gasteiger partial charge in [0.15, 0.2) is 0 Å². The van der Waals surface area contributed by atoms with Crippen LogP contribution in [0.5, 0.6) is 5.75 Å². The number of rotatable bonds is 7. The Morgan fingerprint density at radius 2 is 2.13 bits per heavy atom. The first-order chi connectivity index (χ1) is 11.0. The van der Waals surface area contributed by atoms with Crippen molar-refractivity contribution in [1.29, 1.82) is 0 Å². The van der Waals surface area contributed by atoms with Gasteiger partial charge in [0.05, 0.1) is 13.0 Å². The van der Waals surface area contributed by atoms with E-state index in [0.717, 1.165) is 11.1 Å². The van der Waals surface area contributed by atoms with Crippen molar-refractivity contribution in [3.8, 4) is 5.75 Å². The number of ether oxygens (including phenoxy) is 1. The molecule has 0 radical (unpaired) electrons. The zero-order valence-corrected chi connectivity index (χ0v) is 13.9. The molecule has 0 saturated carbocycles. The molecule has 1 aromatic heterocycles. The van der Waals surface area contributed by atoms with Crippen LogP contribution in [0.25, 0.3) is 0 Å². The number of carbonyl (C=O) groups is 2. The standard InChI is InChI=1S/C17H19NO4S/c1-11-4-3-5-12(8-11)9-13(17(20)21)10-18-16(19)15-14(22-2)6-7-23-15/h3-8,13H,9-10H2,1-2H3,(H,18,19)(H,20,21). The Labute approximate surface area is 138 Å². The van der Waals surface area contributed by atoms with Gasteiger partial charge in [0.2, 0.25) is 0 Å². The number of carboxylic acid groups (broad SMARTS) is 1. The van der Waals surface area contributed by atoms with E-state index < -0.39 is 11.9 Å². The van der Waals surface area contributed by atoms with Gasteiger partial charge in [-0.25, -0.2) is 0 Å². The molecule has 0 spiro atoms. The number of aryl methyl sites for hydroxylation is 1. The highest BCUT2D eigenvalue weighted by atomic mass is 32.1. The van der Waals surface area contributed by atoms with E-state index >= 15 is 0 Å². The first-order valence-electron chi connectivity index (χ1n) is 7.19. The van der Waals surface area contributed by atoms with Gasteiger partial charge < -0.3 is 15.2 Å². The Morgan fingerprint density at radius 1 is 1.35 bits per heavy atom. The first kappa shape index (κ1) is 17.0. The van der Waals surface area contributed by atoms with Crippen molar-refractivity contribution >= 4 is 23.2 Å². The number of aliphatic carboxylic acids is 1. The molecule has 1 unspecified atom stereocenters. The highest BCUT2D eigenvalue weighted by Gasteiger charge is 2.21. The summed E-state index contributed by atoms with van der Waals surface area (Å²) in [6.07, 6.45) is 0.374. The normalized spacial score (nSPS) is 11.7. The Hall–Kier alpha value is -2.34. The number of thiophene rings is 1. The number of hydrogen-bond acceptors (Lipinski definition) is 4. The molecule has 0 aliphatic rings. The fourth-order valence-corrected chi connectivity index (χ4v) is 3.06. The van der Waals surface area contributed by atoms with Crippen LogP contribution >= 0.6 is 11.3 Å². The van der Waals surface area contributed by atoms with Crippen LogP contribution < -0.4 is 10.1 Å². The molecule has 2 rings (SSSR count). The molecule has 1 heterocycles. The number of carbonyl (C=O) groups excluding carboxylic acids is 1. The average Bonchev–Trinajstić information content (AvgIpc) is 2.99. The summed E-state index contributed by atoms with van der Waals surface area (Å²) in [7, 11) is 1.50. The molecule has 1 atom stereocenters. The smallest absolute Gasteiger partial charge is 0.308 e. The van der Waals surface area contributed by atoms with E-state index in [1.807, 2.05) is 31.2 Å². The molecule has 6 heteroatoms. The fourth-order valence-electron chi connectivity index (χ4n) is 2.29.